The molecule has 4 rings (SSSR count). The van der Waals surface area contributed by atoms with E-state index in [0.717, 1.165) is 4.57 Å². The Morgan fingerprint density at radius 3 is 2.41 bits per heavy atom. The van der Waals surface area contributed by atoms with E-state index in [1.165, 1.54) is 24.9 Å². The van der Waals surface area contributed by atoms with Gasteiger partial charge in [-0.3, -0.25) is 23.5 Å². The fraction of sp³-hybridized carbons (Fsp3) is 0.350. The zero-order valence-corrected chi connectivity index (χ0v) is 17.9. The van der Waals surface area contributed by atoms with Gasteiger partial charge in [-0.05, 0) is 26.1 Å². The predicted molar refractivity (Wildman–Crippen MR) is 110 cm³/mol. The van der Waals surface area contributed by atoms with Crippen LogP contribution in [-0.4, -0.2) is 40.1 Å². The highest BCUT2D eigenvalue weighted by Gasteiger charge is 2.40. The molecule has 0 saturated carbocycles. The summed E-state index contributed by atoms with van der Waals surface area (Å²) in [5, 5.41) is -0.00535. The summed E-state index contributed by atoms with van der Waals surface area (Å²) in [4.78, 5) is 56.0. The van der Waals surface area contributed by atoms with E-state index in [0.29, 0.717) is 17.6 Å². The first kappa shape index (κ1) is 19.4. The summed E-state index contributed by atoms with van der Waals surface area (Å²) in [5.74, 6) is -0.737. The molecule has 8 nitrogen and oxygen atoms in total. The topological polar surface area (TPSA) is 100 Å². The van der Waals surface area contributed by atoms with Crippen molar-refractivity contribution >= 4 is 30.9 Å². The van der Waals surface area contributed by atoms with Crippen molar-refractivity contribution in [3.8, 4) is 0 Å². The number of allylic oxidation sites excluding steroid dienone is 2. The van der Waals surface area contributed by atoms with Crippen molar-refractivity contribution in [1.82, 2.24) is 14.1 Å². The molecular formula is C20H21N3O5Si. The third-order valence-corrected chi connectivity index (χ3v) is 6.14. The number of ketones is 2. The zero-order chi connectivity index (χ0) is 21.2. The summed E-state index contributed by atoms with van der Waals surface area (Å²) in [6.45, 7) is 6.04. The van der Waals surface area contributed by atoms with Crippen LogP contribution >= 0.6 is 0 Å². The maximum atomic E-state index is 13.4. The SMILES string of the molecule is Cn1c(=O)c2c3c(cnc2n(C)c1=O)C(=O)C1=C(CC=CC1O[Si](C)(C)C)C3=O. The van der Waals surface area contributed by atoms with Crippen LogP contribution in [0.3, 0.4) is 0 Å². The fourth-order valence-corrected chi connectivity index (χ4v) is 4.84. The van der Waals surface area contributed by atoms with Crippen LogP contribution in [0.15, 0.2) is 39.1 Å². The summed E-state index contributed by atoms with van der Waals surface area (Å²) in [6, 6.07) is 0. The van der Waals surface area contributed by atoms with Gasteiger partial charge in [0.2, 0.25) is 0 Å². The highest BCUT2D eigenvalue weighted by atomic mass is 28.4. The standard InChI is InChI=1S/C20H21N3O5Si/c1-22-18-15(19(26)23(2)20(22)27)14-11(9-21-18)17(25)13-10(16(14)24)7-6-8-12(13)28-29(3,4)5/h6,8-9,12H,7H2,1-5H3. The highest BCUT2D eigenvalue weighted by Crippen LogP contribution is 2.36. The largest absolute Gasteiger partial charge is 0.407 e. The molecule has 0 N–H and O–H groups in total. The Morgan fingerprint density at radius 2 is 1.76 bits per heavy atom. The average molecular weight is 411 g/mol. The number of Topliss-reactive ketones (excluding diaryl/α,β-unsaturated/α-hetero) is 2. The molecule has 2 aromatic heterocycles. The molecule has 0 saturated heterocycles. The molecular weight excluding hydrogens is 390 g/mol. The van der Waals surface area contributed by atoms with Crippen LogP contribution in [0.25, 0.3) is 11.0 Å². The molecule has 2 aliphatic rings. The third-order valence-electron chi connectivity index (χ3n) is 5.18. The van der Waals surface area contributed by atoms with Gasteiger partial charge < -0.3 is 4.43 Å². The Hall–Kier alpha value is -2.91. The van der Waals surface area contributed by atoms with Crippen LogP contribution in [0.4, 0.5) is 0 Å². The monoisotopic (exact) mass is 411 g/mol. The molecule has 150 valence electrons. The van der Waals surface area contributed by atoms with E-state index < -0.39 is 25.7 Å². The number of pyridine rings is 1. The Balaban J connectivity index is 2.02. The van der Waals surface area contributed by atoms with Crippen LogP contribution in [0, 0.1) is 0 Å². The van der Waals surface area contributed by atoms with Gasteiger partial charge in [-0.1, -0.05) is 12.2 Å². The Morgan fingerprint density at radius 1 is 1.07 bits per heavy atom. The van der Waals surface area contributed by atoms with E-state index in [-0.39, 0.29) is 33.7 Å². The molecule has 0 radical (unpaired) electrons. The summed E-state index contributed by atoms with van der Waals surface area (Å²) < 4.78 is 8.26. The minimum atomic E-state index is -1.99. The van der Waals surface area contributed by atoms with Crippen molar-refractivity contribution in [2.24, 2.45) is 14.1 Å². The Labute approximate surface area is 167 Å². The Bertz CT molecular complexity index is 1290. The van der Waals surface area contributed by atoms with Crippen molar-refractivity contribution in [2.45, 2.75) is 32.2 Å². The average Bonchev–Trinajstić information content (AvgIpc) is 2.66. The quantitative estimate of drug-likeness (QED) is 0.548. The van der Waals surface area contributed by atoms with Crippen LogP contribution in [0.5, 0.6) is 0 Å². The van der Waals surface area contributed by atoms with Gasteiger partial charge in [0.15, 0.2) is 19.9 Å². The lowest BCUT2D eigenvalue weighted by Crippen LogP contribution is -2.40. The highest BCUT2D eigenvalue weighted by molar-refractivity contribution is 6.69. The number of carbonyl (C=O) groups is 2. The minimum absolute atomic E-state index is 0.00535. The van der Waals surface area contributed by atoms with Gasteiger partial charge >= 0.3 is 5.69 Å². The smallest absolute Gasteiger partial charge is 0.332 e. The van der Waals surface area contributed by atoms with Crippen molar-refractivity contribution in [3.63, 3.8) is 0 Å². The van der Waals surface area contributed by atoms with Gasteiger partial charge in [0.25, 0.3) is 5.56 Å². The number of rotatable bonds is 2. The van der Waals surface area contributed by atoms with E-state index in [9.17, 15) is 19.2 Å². The lowest BCUT2D eigenvalue weighted by Gasteiger charge is -2.32. The van der Waals surface area contributed by atoms with E-state index in [4.69, 9.17) is 4.43 Å². The van der Waals surface area contributed by atoms with Gasteiger partial charge in [0.05, 0.1) is 22.6 Å². The van der Waals surface area contributed by atoms with E-state index in [1.54, 1.807) is 0 Å². The summed E-state index contributed by atoms with van der Waals surface area (Å²) in [5.41, 5.74) is -0.323. The maximum absolute atomic E-state index is 13.4. The normalized spacial score (nSPS) is 19.0. The minimum Gasteiger partial charge on any atom is -0.407 e. The van der Waals surface area contributed by atoms with Crippen LogP contribution in [0.2, 0.25) is 19.6 Å². The van der Waals surface area contributed by atoms with E-state index in [1.807, 2.05) is 31.8 Å². The molecule has 0 aliphatic heterocycles. The lowest BCUT2D eigenvalue weighted by molar-refractivity contribution is 0.0951. The molecule has 0 aromatic carbocycles. The number of hydrogen-bond donors (Lipinski definition) is 0. The first-order valence-corrected chi connectivity index (χ1v) is 12.7. The van der Waals surface area contributed by atoms with Crippen molar-refractivity contribution < 1.29 is 14.0 Å². The molecule has 2 heterocycles. The molecule has 0 amide bonds. The van der Waals surface area contributed by atoms with Gasteiger partial charge in [-0.2, -0.15) is 0 Å². The first-order chi connectivity index (χ1) is 13.5. The van der Waals surface area contributed by atoms with Crippen LogP contribution in [-0.2, 0) is 18.5 Å². The molecule has 1 unspecified atom stereocenters. The molecule has 0 spiro atoms. The van der Waals surface area contributed by atoms with Crippen LogP contribution < -0.4 is 11.2 Å². The second kappa shape index (κ2) is 6.29. The number of hydrogen-bond acceptors (Lipinski definition) is 6. The van der Waals surface area contributed by atoms with Gasteiger partial charge in [-0.25, -0.2) is 9.78 Å². The molecule has 0 fully saturated rings. The van der Waals surface area contributed by atoms with Crippen LogP contribution in [0.1, 0.15) is 27.1 Å². The molecule has 0 bridgehead atoms. The fourth-order valence-electron chi connectivity index (χ4n) is 3.88. The first-order valence-electron chi connectivity index (χ1n) is 9.28. The van der Waals surface area contributed by atoms with Gasteiger partial charge in [0.1, 0.15) is 5.65 Å². The number of aromatic nitrogens is 3. The maximum Gasteiger partial charge on any atom is 0.332 e. The number of nitrogens with zero attached hydrogens (tertiary/aromatic N) is 3. The molecule has 2 aromatic rings. The van der Waals surface area contributed by atoms with Gasteiger partial charge in [0, 0.05) is 31.4 Å². The summed E-state index contributed by atoms with van der Waals surface area (Å²) in [6.07, 6.45) is 4.61. The van der Waals surface area contributed by atoms with Gasteiger partial charge in [-0.15, -0.1) is 0 Å². The lowest BCUT2D eigenvalue weighted by atomic mass is 9.78. The molecule has 9 heteroatoms. The van der Waals surface area contributed by atoms with E-state index in [2.05, 4.69) is 4.98 Å². The zero-order valence-electron chi connectivity index (χ0n) is 16.9. The summed E-state index contributed by atoms with van der Waals surface area (Å²) in [7, 11) is 0.821. The molecule has 1 atom stereocenters. The predicted octanol–water partition coefficient (Wildman–Crippen LogP) is 1.49. The second-order valence-corrected chi connectivity index (χ2v) is 12.7. The summed E-state index contributed by atoms with van der Waals surface area (Å²) >= 11 is 0. The molecule has 2 aliphatic carbocycles. The molecule has 29 heavy (non-hydrogen) atoms. The van der Waals surface area contributed by atoms with Crippen molar-refractivity contribution in [2.75, 3.05) is 0 Å². The second-order valence-electron chi connectivity index (χ2n) is 8.28. The number of carbonyl (C=O) groups excluding carboxylic acids is 2. The number of fused-ring (bicyclic) bond motifs is 3. The van der Waals surface area contributed by atoms with Crippen molar-refractivity contribution in [1.29, 1.82) is 0 Å². The number of aryl methyl sites for hydroxylation is 1. The van der Waals surface area contributed by atoms with E-state index >= 15 is 0 Å². The Kier molecular flexibility index (Phi) is 4.21. The van der Waals surface area contributed by atoms with Crippen molar-refractivity contribution in [3.05, 3.63) is 61.5 Å². The third kappa shape index (κ3) is 2.80.